The molecule has 1 atom stereocenters. The maximum Gasteiger partial charge on any atom is 0.126 e. The van der Waals surface area contributed by atoms with E-state index in [0.29, 0.717) is 10.1 Å². The molecule has 0 aliphatic rings. The van der Waals surface area contributed by atoms with Crippen molar-refractivity contribution in [3.8, 4) is 0 Å². The van der Waals surface area contributed by atoms with E-state index in [0.717, 1.165) is 4.88 Å². The van der Waals surface area contributed by atoms with Gasteiger partial charge in [0.1, 0.15) is 11.8 Å². The van der Waals surface area contributed by atoms with Crippen molar-refractivity contribution in [2.75, 3.05) is 13.2 Å². The van der Waals surface area contributed by atoms with E-state index >= 15 is 0 Å². The number of furan rings is 1. The summed E-state index contributed by atoms with van der Waals surface area (Å²) in [6.07, 6.45) is 1.59. The van der Waals surface area contributed by atoms with Crippen LogP contribution in [0.25, 0.3) is 0 Å². The molecule has 4 nitrogen and oxygen atoms in total. The van der Waals surface area contributed by atoms with Crippen LogP contribution in [0.5, 0.6) is 0 Å². The van der Waals surface area contributed by atoms with Crippen LogP contribution in [0.4, 0.5) is 0 Å². The molecule has 0 aliphatic carbocycles. The van der Waals surface area contributed by atoms with E-state index in [4.69, 9.17) is 16.0 Å². The van der Waals surface area contributed by atoms with Gasteiger partial charge in [-0.3, -0.25) is 5.32 Å². The van der Waals surface area contributed by atoms with Crippen molar-refractivity contribution < 1.29 is 14.6 Å². The van der Waals surface area contributed by atoms with E-state index < -0.39 is 5.54 Å². The summed E-state index contributed by atoms with van der Waals surface area (Å²) in [4.78, 5) is 0.966. The van der Waals surface area contributed by atoms with Crippen molar-refractivity contribution in [3.63, 3.8) is 0 Å². The Morgan fingerprint density at radius 2 is 2.11 bits per heavy atom. The first-order valence-corrected chi connectivity index (χ1v) is 7.05. The number of halogens is 1. The Hall–Kier alpha value is -0.850. The number of thiophene rings is 1. The quantitative estimate of drug-likeness (QED) is 0.766. The number of aliphatic hydroxyl groups excluding tert-OH is 2. The molecule has 2 aromatic heterocycles. The van der Waals surface area contributed by atoms with Crippen molar-refractivity contribution in [1.82, 2.24) is 5.32 Å². The Kier molecular flexibility index (Phi) is 4.65. The van der Waals surface area contributed by atoms with Gasteiger partial charge in [0.2, 0.25) is 0 Å². The van der Waals surface area contributed by atoms with Gasteiger partial charge in [0.05, 0.1) is 29.4 Å². The third-order valence-electron chi connectivity index (χ3n) is 2.90. The number of hydrogen-bond acceptors (Lipinski definition) is 5. The van der Waals surface area contributed by atoms with Crippen molar-refractivity contribution >= 4 is 22.9 Å². The lowest BCUT2D eigenvalue weighted by Crippen LogP contribution is -2.50. The molecule has 1 unspecified atom stereocenters. The van der Waals surface area contributed by atoms with E-state index in [2.05, 4.69) is 5.32 Å². The highest BCUT2D eigenvalue weighted by molar-refractivity contribution is 7.16. The molecule has 0 radical (unpaired) electrons. The van der Waals surface area contributed by atoms with E-state index in [-0.39, 0.29) is 19.3 Å². The van der Waals surface area contributed by atoms with Gasteiger partial charge < -0.3 is 14.6 Å². The molecule has 0 aliphatic heterocycles. The first-order valence-electron chi connectivity index (χ1n) is 5.86. The summed E-state index contributed by atoms with van der Waals surface area (Å²) in [5.41, 5.74) is -0.798. The van der Waals surface area contributed by atoms with Gasteiger partial charge in [-0.05, 0) is 31.2 Å². The zero-order valence-electron chi connectivity index (χ0n) is 10.5. The molecule has 0 saturated carbocycles. The molecule has 0 aromatic carbocycles. The van der Waals surface area contributed by atoms with Gasteiger partial charge in [0, 0.05) is 4.88 Å². The third kappa shape index (κ3) is 3.38. The van der Waals surface area contributed by atoms with Crippen molar-refractivity contribution in [2.45, 2.75) is 18.5 Å². The van der Waals surface area contributed by atoms with Gasteiger partial charge in [-0.1, -0.05) is 11.6 Å². The van der Waals surface area contributed by atoms with Gasteiger partial charge in [-0.25, -0.2) is 0 Å². The van der Waals surface area contributed by atoms with Crippen LogP contribution >= 0.6 is 22.9 Å². The lowest BCUT2D eigenvalue weighted by Gasteiger charge is -2.30. The van der Waals surface area contributed by atoms with Crippen molar-refractivity contribution in [2.24, 2.45) is 0 Å². The highest BCUT2D eigenvalue weighted by Gasteiger charge is 2.29. The summed E-state index contributed by atoms with van der Waals surface area (Å²) in [6.45, 7) is 1.39. The summed E-state index contributed by atoms with van der Waals surface area (Å²) in [7, 11) is 0. The van der Waals surface area contributed by atoms with Crippen LogP contribution < -0.4 is 5.32 Å². The van der Waals surface area contributed by atoms with E-state index in [9.17, 15) is 10.2 Å². The van der Waals surface area contributed by atoms with Gasteiger partial charge in [0.25, 0.3) is 0 Å². The highest BCUT2D eigenvalue weighted by atomic mass is 35.5. The topological polar surface area (TPSA) is 65.6 Å². The maximum atomic E-state index is 9.41. The minimum absolute atomic E-state index is 0.181. The lowest BCUT2D eigenvalue weighted by atomic mass is 10.0. The highest BCUT2D eigenvalue weighted by Crippen LogP contribution is 2.32. The molecule has 0 saturated heterocycles. The second-order valence-electron chi connectivity index (χ2n) is 4.61. The molecule has 3 N–H and O–H groups in total. The average Bonchev–Trinajstić information content (AvgIpc) is 3.07. The summed E-state index contributed by atoms with van der Waals surface area (Å²) in [6, 6.07) is 7.11. The minimum atomic E-state index is -0.798. The molecule has 0 bridgehead atoms. The number of nitrogens with one attached hydrogen (secondary N) is 1. The van der Waals surface area contributed by atoms with E-state index in [1.54, 1.807) is 19.3 Å². The SMILES string of the molecule is CC(CO)(CO)NC(c1ccco1)c1ccc(Cl)s1. The molecular formula is C13H16ClNO3S. The standard InChI is InChI=1S/C13H16ClNO3S/c1-13(7-16,8-17)15-12(9-3-2-6-18-9)10-4-5-11(14)19-10/h2-6,12,15-17H,7-8H2,1H3. The van der Waals surface area contributed by atoms with Gasteiger partial charge in [-0.15, -0.1) is 11.3 Å². The zero-order valence-corrected chi connectivity index (χ0v) is 12.0. The number of aliphatic hydroxyl groups is 2. The van der Waals surface area contributed by atoms with Crippen LogP contribution in [0.3, 0.4) is 0 Å². The smallest absolute Gasteiger partial charge is 0.126 e. The third-order valence-corrected chi connectivity index (χ3v) is 4.19. The summed E-state index contributed by atoms with van der Waals surface area (Å²) >= 11 is 7.40. The fraction of sp³-hybridized carbons (Fsp3) is 0.385. The largest absolute Gasteiger partial charge is 0.467 e. The monoisotopic (exact) mass is 301 g/mol. The summed E-state index contributed by atoms with van der Waals surface area (Å²) in [5, 5.41) is 22.0. The van der Waals surface area contributed by atoms with Gasteiger partial charge in [0.15, 0.2) is 0 Å². The first kappa shape index (κ1) is 14.6. The van der Waals surface area contributed by atoms with Crippen LogP contribution in [0.2, 0.25) is 4.34 Å². The molecule has 2 aromatic rings. The molecular weight excluding hydrogens is 286 g/mol. The molecule has 0 spiro atoms. The molecule has 0 fully saturated rings. The second-order valence-corrected chi connectivity index (χ2v) is 6.36. The second kappa shape index (κ2) is 6.07. The molecule has 0 amide bonds. The van der Waals surface area contributed by atoms with Gasteiger partial charge >= 0.3 is 0 Å². The van der Waals surface area contributed by atoms with Crippen LogP contribution in [-0.4, -0.2) is 29.0 Å². The number of rotatable bonds is 6. The Morgan fingerprint density at radius 3 is 2.58 bits per heavy atom. The summed E-state index contributed by atoms with van der Waals surface area (Å²) < 4.78 is 6.12. The predicted octanol–water partition coefficient (Wildman–Crippen LogP) is 2.42. The molecule has 6 heteroatoms. The Labute approximate surface area is 120 Å². The Morgan fingerprint density at radius 1 is 1.37 bits per heavy atom. The predicted molar refractivity (Wildman–Crippen MR) is 75.6 cm³/mol. The molecule has 104 valence electrons. The zero-order chi connectivity index (χ0) is 13.9. The first-order chi connectivity index (χ1) is 9.08. The van der Waals surface area contributed by atoms with Gasteiger partial charge in [-0.2, -0.15) is 0 Å². The Bertz CT molecular complexity index is 508. The van der Waals surface area contributed by atoms with Crippen molar-refractivity contribution in [3.05, 3.63) is 45.5 Å². The fourth-order valence-corrected chi connectivity index (χ4v) is 2.83. The fourth-order valence-electron chi connectivity index (χ4n) is 1.71. The lowest BCUT2D eigenvalue weighted by molar-refractivity contribution is 0.0959. The molecule has 2 rings (SSSR count). The van der Waals surface area contributed by atoms with Crippen molar-refractivity contribution in [1.29, 1.82) is 0 Å². The Balaban J connectivity index is 2.30. The maximum absolute atomic E-state index is 9.41. The molecule has 19 heavy (non-hydrogen) atoms. The normalized spacial score (nSPS) is 13.7. The van der Waals surface area contributed by atoms with E-state index in [1.165, 1.54) is 11.3 Å². The molecule has 2 heterocycles. The summed E-state index contributed by atoms with van der Waals surface area (Å²) in [5.74, 6) is 0.714. The van der Waals surface area contributed by atoms with Crippen LogP contribution in [0.15, 0.2) is 34.9 Å². The number of hydrogen-bond donors (Lipinski definition) is 3. The van der Waals surface area contributed by atoms with Crippen LogP contribution in [0, 0.1) is 0 Å². The van der Waals surface area contributed by atoms with Crippen LogP contribution in [0.1, 0.15) is 23.6 Å². The van der Waals surface area contributed by atoms with E-state index in [1.807, 2.05) is 18.2 Å². The average molecular weight is 302 g/mol. The van der Waals surface area contributed by atoms with Crippen LogP contribution in [-0.2, 0) is 0 Å². The minimum Gasteiger partial charge on any atom is -0.467 e.